The fraction of sp³-hybridized carbons (Fsp3) is 0.900. The highest BCUT2D eigenvalue weighted by molar-refractivity contribution is 7.87. The minimum absolute atomic E-state index is 0.00895. The fourth-order valence-corrected chi connectivity index (χ4v) is 2.78. The number of hydrogen-bond donors (Lipinski definition) is 5. The third-order valence-electron chi connectivity index (χ3n) is 3.09. The largest absolute Gasteiger partial charge is 0.480 e. The van der Waals surface area contributed by atoms with Crippen molar-refractivity contribution in [3.05, 3.63) is 0 Å². The minimum atomic E-state index is -3.57. The average molecular weight is 294 g/mol. The predicted octanol–water partition coefficient (Wildman–Crippen LogP) is -1.79. The van der Waals surface area contributed by atoms with Gasteiger partial charge in [-0.15, -0.1) is 0 Å². The van der Waals surface area contributed by atoms with Crippen LogP contribution in [0.4, 0.5) is 0 Å². The molecule has 0 aromatic carbocycles. The van der Waals surface area contributed by atoms with Gasteiger partial charge in [-0.05, 0) is 38.3 Å². The van der Waals surface area contributed by atoms with Crippen molar-refractivity contribution >= 4 is 16.2 Å². The minimum Gasteiger partial charge on any atom is -0.480 e. The van der Waals surface area contributed by atoms with Gasteiger partial charge in [0, 0.05) is 13.1 Å². The summed E-state index contributed by atoms with van der Waals surface area (Å²) in [7, 11) is -3.57. The highest BCUT2D eigenvalue weighted by atomic mass is 32.2. The molecule has 6 N–H and O–H groups in total. The van der Waals surface area contributed by atoms with Crippen LogP contribution in [-0.4, -0.2) is 51.7 Å². The number of nitrogens with one attached hydrogen (secondary N) is 3. The highest BCUT2D eigenvalue weighted by Crippen LogP contribution is 2.09. The number of hydrogen-bond acceptors (Lipinski definition) is 5. The maximum Gasteiger partial charge on any atom is 0.320 e. The second kappa shape index (κ2) is 7.75. The lowest BCUT2D eigenvalue weighted by Gasteiger charge is -2.22. The van der Waals surface area contributed by atoms with E-state index in [-0.39, 0.29) is 13.0 Å². The van der Waals surface area contributed by atoms with Gasteiger partial charge in [-0.25, -0.2) is 9.44 Å². The molecule has 0 unspecified atom stereocenters. The summed E-state index contributed by atoms with van der Waals surface area (Å²) in [6.07, 6.45) is 1.96. The van der Waals surface area contributed by atoms with E-state index in [1.807, 2.05) is 0 Å². The van der Waals surface area contributed by atoms with Crippen LogP contribution in [0.1, 0.15) is 19.3 Å². The lowest BCUT2D eigenvalue weighted by Crippen LogP contribution is -2.43. The number of piperidine rings is 1. The van der Waals surface area contributed by atoms with Crippen molar-refractivity contribution in [3.8, 4) is 0 Å². The first kappa shape index (κ1) is 16.3. The molecule has 19 heavy (non-hydrogen) atoms. The summed E-state index contributed by atoms with van der Waals surface area (Å²) in [5.41, 5.74) is 5.27. The first-order chi connectivity index (χ1) is 8.91. The summed E-state index contributed by atoms with van der Waals surface area (Å²) >= 11 is 0. The van der Waals surface area contributed by atoms with Crippen LogP contribution in [0.15, 0.2) is 0 Å². The van der Waals surface area contributed by atoms with E-state index in [1.54, 1.807) is 0 Å². The Hall–Kier alpha value is -0.740. The van der Waals surface area contributed by atoms with E-state index in [0.29, 0.717) is 12.5 Å². The number of rotatable bonds is 8. The number of carbonyl (C=O) groups is 1. The second-order valence-corrected chi connectivity index (χ2v) is 6.26. The van der Waals surface area contributed by atoms with Crippen LogP contribution in [0.5, 0.6) is 0 Å². The Morgan fingerprint density at radius 2 is 2.00 bits per heavy atom. The van der Waals surface area contributed by atoms with Crippen molar-refractivity contribution < 1.29 is 18.3 Å². The molecule has 0 spiro atoms. The van der Waals surface area contributed by atoms with E-state index in [1.165, 1.54) is 0 Å². The highest BCUT2D eigenvalue weighted by Gasteiger charge is 2.17. The summed E-state index contributed by atoms with van der Waals surface area (Å²) in [4.78, 5) is 10.5. The van der Waals surface area contributed by atoms with E-state index in [4.69, 9.17) is 10.8 Å². The molecule has 0 amide bonds. The average Bonchev–Trinajstić information content (AvgIpc) is 2.37. The molecular formula is C10H22N4O4S. The van der Waals surface area contributed by atoms with E-state index in [2.05, 4.69) is 14.8 Å². The molecule has 8 nitrogen and oxygen atoms in total. The lowest BCUT2D eigenvalue weighted by molar-refractivity contribution is -0.138. The van der Waals surface area contributed by atoms with E-state index in [9.17, 15) is 13.2 Å². The Bertz CT molecular complexity index is 381. The van der Waals surface area contributed by atoms with Crippen molar-refractivity contribution in [3.63, 3.8) is 0 Å². The maximum atomic E-state index is 11.6. The third-order valence-corrected chi connectivity index (χ3v) is 4.22. The van der Waals surface area contributed by atoms with Crippen molar-refractivity contribution in [1.29, 1.82) is 0 Å². The number of nitrogens with two attached hydrogens (primary N) is 1. The van der Waals surface area contributed by atoms with E-state index in [0.717, 1.165) is 25.9 Å². The first-order valence-corrected chi connectivity index (χ1v) is 7.82. The molecule has 0 aliphatic carbocycles. The molecule has 1 saturated heterocycles. The van der Waals surface area contributed by atoms with Gasteiger partial charge in [0.2, 0.25) is 0 Å². The van der Waals surface area contributed by atoms with E-state index < -0.39 is 22.2 Å². The predicted molar refractivity (Wildman–Crippen MR) is 70.7 cm³/mol. The molecule has 0 radical (unpaired) electrons. The second-order valence-electron chi connectivity index (χ2n) is 4.67. The van der Waals surface area contributed by atoms with Crippen LogP contribution in [0, 0.1) is 5.92 Å². The Balaban J connectivity index is 2.21. The van der Waals surface area contributed by atoms with Gasteiger partial charge < -0.3 is 16.2 Å². The van der Waals surface area contributed by atoms with Gasteiger partial charge in [-0.1, -0.05) is 0 Å². The molecule has 1 aliphatic rings. The van der Waals surface area contributed by atoms with Gasteiger partial charge >= 0.3 is 5.97 Å². The molecule has 9 heteroatoms. The van der Waals surface area contributed by atoms with Crippen molar-refractivity contribution in [1.82, 2.24) is 14.8 Å². The number of aliphatic carboxylic acids is 1. The monoisotopic (exact) mass is 294 g/mol. The molecule has 1 heterocycles. The molecule has 1 aliphatic heterocycles. The summed E-state index contributed by atoms with van der Waals surface area (Å²) in [5.74, 6) is -0.791. The van der Waals surface area contributed by atoms with Crippen LogP contribution in [0.3, 0.4) is 0 Å². The van der Waals surface area contributed by atoms with Gasteiger partial charge in [0.15, 0.2) is 0 Å². The van der Waals surface area contributed by atoms with Gasteiger partial charge in [0.1, 0.15) is 6.04 Å². The number of carboxylic acid groups (broad SMARTS) is 1. The summed E-state index contributed by atoms with van der Waals surface area (Å²) < 4.78 is 28.0. The maximum absolute atomic E-state index is 11.6. The van der Waals surface area contributed by atoms with Crippen LogP contribution >= 0.6 is 0 Å². The lowest BCUT2D eigenvalue weighted by atomic mass is 9.99. The van der Waals surface area contributed by atoms with Crippen LogP contribution in [0.25, 0.3) is 0 Å². The zero-order valence-electron chi connectivity index (χ0n) is 10.8. The summed E-state index contributed by atoms with van der Waals surface area (Å²) in [6.45, 7) is 2.23. The molecule has 0 aromatic rings. The Kier molecular flexibility index (Phi) is 6.66. The molecule has 1 rings (SSSR count). The standard InChI is InChI=1S/C10H22N4O4S/c11-9(10(15)16)3-6-13-19(17,18)14-7-8-1-4-12-5-2-8/h8-9,12-14H,1-7,11H2,(H,15,16)/t9-/m0/s1. The third kappa shape index (κ3) is 6.83. The molecule has 112 valence electrons. The van der Waals surface area contributed by atoms with Gasteiger partial charge in [-0.2, -0.15) is 8.42 Å². The van der Waals surface area contributed by atoms with Crippen LogP contribution in [0.2, 0.25) is 0 Å². The fourth-order valence-electron chi connectivity index (χ4n) is 1.84. The number of carboxylic acids is 1. The van der Waals surface area contributed by atoms with E-state index >= 15 is 0 Å². The van der Waals surface area contributed by atoms with Gasteiger partial charge in [0.25, 0.3) is 10.2 Å². The zero-order valence-corrected chi connectivity index (χ0v) is 11.6. The Morgan fingerprint density at radius 1 is 1.37 bits per heavy atom. The molecule has 0 aromatic heterocycles. The van der Waals surface area contributed by atoms with Crippen molar-refractivity contribution in [2.24, 2.45) is 11.7 Å². The van der Waals surface area contributed by atoms with Crippen molar-refractivity contribution in [2.75, 3.05) is 26.2 Å². The van der Waals surface area contributed by atoms with Gasteiger partial charge in [-0.3, -0.25) is 4.79 Å². The van der Waals surface area contributed by atoms with Crippen molar-refractivity contribution in [2.45, 2.75) is 25.3 Å². The summed E-state index contributed by atoms with van der Waals surface area (Å²) in [5, 5.41) is 11.8. The summed E-state index contributed by atoms with van der Waals surface area (Å²) in [6, 6.07) is -1.05. The Morgan fingerprint density at radius 3 is 2.58 bits per heavy atom. The molecular weight excluding hydrogens is 272 g/mol. The zero-order chi connectivity index (χ0) is 14.3. The SMILES string of the molecule is N[C@@H](CCNS(=O)(=O)NCC1CCNCC1)C(=O)O. The quantitative estimate of drug-likeness (QED) is 0.359. The van der Waals surface area contributed by atoms with Crippen LogP contribution < -0.4 is 20.5 Å². The smallest absolute Gasteiger partial charge is 0.320 e. The molecule has 1 fully saturated rings. The molecule has 0 bridgehead atoms. The van der Waals surface area contributed by atoms with Gasteiger partial charge in [0.05, 0.1) is 0 Å². The normalized spacial score (nSPS) is 19.2. The molecule has 0 saturated carbocycles. The first-order valence-electron chi connectivity index (χ1n) is 6.34. The topological polar surface area (TPSA) is 134 Å². The van der Waals surface area contributed by atoms with Crippen LogP contribution in [-0.2, 0) is 15.0 Å². The molecule has 1 atom stereocenters. The Labute approximate surface area is 113 Å².